The third kappa shape index (κ3) is 5.68. The first-order valence-electron chi connectivity index (χ1n) is 13.9. The molecule has 1 aromatic carbocycles. The molecule has 4 heterocycles. The highest BCUT2D eigenvalue weighted by Gasteiger charge is 2.43. The molecular formula is C30H37FN6O4. The number of aromatic nitrogens is 2. The molecule has 5 rings (SSSR count). The number of rotatable bonds is 6. The molecule has 0 saturated carbocycles. The number of fused-ring (bicyclic) bond motifs is 1. The van der Waals surface area contributed by atoms with Crippen molar-refractivity contribution in [1.29, 1.82) is 0 Å². The summed E-state index contributed by atoms with van der Waals surface area (Å²) in [6.07, 6.45) is -0.551. The Kier molecular flexibility index (Phi) is 7.58. The first kappa shape index (κ1) is 28.7. The molecule has 0 unspecified atom stereocenters. The Morgan fingerprint density at radius 3 is 2.46 bits per heavy atom. The molecule has 41 heavy (non-hydrogen) atoms. The number of hydrogen-bond donors (Lipinski definition) is 1. The van der Waals surface area contributed by atoms with Crippen LogP contribution in [0.5, 0.6) is 0 Å². The van der Waals surface area contributed by atoms with Gasteiger partial charge in [-0.05, 0) is 50.1 Å². The fourth-order valence-electron chi connectivity index (χ4n) is 6.08. The van der Waals surface area contributed by atoms with Gasteiger partial charge in [0.1, 0.15) is 5.82 Å². The second-order valence-electron chi connectivity index (χ2n) is 12.2. The highest BCUT2D eigenvalue weighted by molar-refractivity contribution is 5.97. The topological polar surface area (TPSA) is 110 Å². The maximum absolute atomic E-state index is 13.9. The Morgan fingerprint density at radius 1 is 1.12 bits per heavy atom. The Bertz CT molecular complexity index is 1410. The van der Waals surface area contributed by atoms with E-state index in [4.69, 9.17) is 0 Å². The fraction of sp³-hybridized carbons (Fsp3) is 0.500. The van der Waals surface area contributed by atoms with Gasteiger partial charge in [0.05, 0.1) is 23.6 Å². The summed E-state index contributed by atoms with van der Waals surface area (Å²) in [4.78, 5) is 45.6. The average molecular weight is 565 g/mol. The van der Waals surface area contributed by atoms with Crippen molar-refractivity contribution in [2.45, 2.75) is 58.5 Å². The number of piperazine rings is 1. The summed E-state index contributed by atoms with van der Waals surface area (Å²) in [5.74, 6) is -0.465. The molecule has 11 heteroatoms. The number of halogens is 1. The lowest BCUT2D eigenvalue weighted by molar-refractivity contribution is -0.127. The Morgan fingerprint density at radius 2 is 1.83 bits per heavy atom. The number of anilines is 1. The van der Waals surface area contributed by atoms with Crippen LogP contribution in [0, 0.1) is 5.82 Å². The van der Waals surface area contributed by atoms with E-state index in [1.165, 1.54) is 17.0 Å². The van der Waals surface area contributed by atoms with E-state index in [2.05, 4.69) is 10.2 Å². The standard InChI is InChI=1S/C30H37FN6O4/c1-18-12-35(28(39)20(18)3)14-24-15-36(29(40)41)19(2)13-34(24)16-26(38)37-17-30(4,5)27-25(37)11-23(32-33-27)10-21-6-8-22(31)9-7-21/h6-9,11,19,24H,10,12-17H2,1-5H3,(H,40,41)/t19-,24+/m1/s1. The molecule has 3 aliphatic heterocycles. The van der Waals surface area contributed by atoms with Crippen LogP contribution in [0.1, 0.15) is 51.6 Å². The quantitative estimate of drug-likeness (QED) is 0.574. The van der Waals surface area contributed by atoms with E-state index in [0.717, 1.165) is 22.4 Å². The zero-order chi connectivity index (χ0) is 29.6. The lowest BCUT2D eigenvalue weighted by Gasteiger charge is -2.45. The van der Waals surface area contributed by atoms with Gasteiger partial charge < -0.3 is 19.8 Å². The van der Waals surface area contributed by atoms with Gasteiger partial charge in [-0.25, -0.2) is 9.18 Å². The van der Waals surface area contributed by atoms with Crippen molar-refractivity contribution in [2.75, 3.05) is 44.2 Å². The van der Waals surface area contributed by atoms with Crippen molar-refractivity contribution in [2.24, 2.45) is 0 Å². The number of carboxylic acid groups (broad SMARTS) is 1. The normalized spacial score (nSPS) is 22.5. The maximum Gasteiger partial charge on any atom is 0.407 e. The van der Waals surface area contributed by atoms with Gasteiger partial charge in [-0.2, -0.15) is 10.2 Å². The zero-order valence-corrected chi connectivity index (χ0v) is 24.2. The molecule has 1 N–H and O–H groups in total. The Balaban J connectivity index is 1.37. The number of amides is 3. The predicted molar refractivity (Wildman–Crippen MR) is 151 cm³/mol. The summed E-state index contributed by atoms with van der Waals surface area (Å²) in [6.45, 7) is 11.6. The molecule has 3 aliphatic rings. The first-order chi connectivity index (χ1) is 19.3. The van der Waals surface area contributed by atoms with Crippen LogP contribution in [0.15, 0.2) is 41.5 Å². The summed E-state index contributed by atoms with van der Waals surface area (Å²) in [5, 5.41) is 18.7. The molecule has 1 fully saturated rings. The van der Waals surface area contributed by atoms with Gasteiger partial charge in [0.2, 0.25) is 11.8 Å². The minimum absolute atomic E-state index is 0.0447. The van der Waals surface area contributed by atoms with E-state index in [-0.39, 0.29) is 42.8 Å². The summed E-state index contributed by atoms with van der Waals surface area (Å²) in [7, 11) is 0. The van der Waals surface area contributed by atoms with Crippen molar-refractivity contribution in [3.05, 3.63) is 64.2 Å². The number of carbonyl (C=O) groups excluding carboxylic acids is 2. The number of nitrogens with zero attached hydrogens (tertiary/aromatic N) is 6. The molecule has 3 amide bonds. The smallest absolute Gasteiger partial charge is 0.407 e. The number of hydrogen-bond acceptors (Lipinski definition) is 6. The third-order valence-electron chi connectivity index (χ3n) is 8.56. The van der Waals surface area contributed by atoms with Gasteiger partial charge in [0.15, 0.2) is 0 Å². The van der Waals surface area contributed by atoms with E-state index >= 15 is 0 Å². The van der Waals surface area contributed by atoms with Crippen LogP contribution in [0.3, 0.4) is 0 Å². The highest BCUT2D eigenvalue weighted by Crippen LogP contribution is 2.39. The third-order valence-corrected chi connectivity index (χ3v) is 8.56. The van der Waals surface area contributed by atoms with Gasteiger partial charge in [-0.15, -0.1) is 0 Å². The van der Waals surface area contributed by atoms with Crippen LogP contribution >= 0.6 is 0 Å². The molecule has 10 nitrogen and oxygen atoms in total. The molecule has 2 atom stereocenters. The zero-order valence-electron chi connectivity index (χ0n) is 24.2. The molecule has 0 spiro atoms. The van der Waals surface area contributed by atoms with E-state index < -0.39 is 11.5 Å². The minimum Gasteiger partial charge on any atom is -0.465 e. The Labute approximate surface area is 239 Å². The van der Waals surface area contributed by atoms with E-state index in [9.17, 15) is 23.9 Å². The van der Waals surface area contributed by atoms with Crippen LogP contribution < -0.4 is 4.90 Å². The van der Waals surface area contributed by atoms with E-state index in [1.807, 2.05) is 45.6 Å². The predicted octanol–water partition coefficient (Wildman–Crippen LogP) is 3.06. The molecule has 0 bridgehead atoms. The van der Waals surface area contributed by atoms with E-state index in [1.54, 1.807) is 21.9 Å². The number of carbonyl (C=O) groups is 3. The Hall–Kier alpha value is -3.86. The van der Waals surface area contributed by atoms with Crippen molar-refractivity contribution in [3.63, 3.8) is 0 Å². The monoisotopic (exact) mass is 564 g/mol. The van der Waals surface area contributed by atoms with Crippen LogP contribution in [0.25, 0.3) is 0 Å². The van der Waals surface area contributed by atoms with Gasteiger partial charge in [0.25, 0.3) is 0 Å². The van der Waals surface area contributed by atoms with Gasteiger partial charge in [-0.3, -0.25) is 14.5 Å². The van der Waals surface area contributed by atoms with Gasteiger partial charge >= 0.3 is 6.09 Å². The maximum atomic E-state index is 13.9. The molecule has 1 saturated heterocycles. The molecule has 0 radical (unpaired) electrons. The first-order valence-corrected chi connectivity index (χ1v) is 13.9. The SMILES string of the molecule is CC1=C(C)C(=O)N(C[C@H]2CN(C(=O)O)[C@H](C)CN2CC(=O)N2CC(C)(C)c3nnc(Cc4ccc(F)cc4)cc32)C1. The van der Waals surface area contributed by atoms with Crippen molar-refractivity contribution >= 4 is 23.6 Å². The highest BCUT2D eigenvalue weighted by atomic mass is 19.1. The molecule has 1 aromatic heterocycles. The molecule has 0 aliphatic carbocycles. The molecule has 218 valence electrons. The van der Waals surface area contributed by atoms with Crippen molar-refractivity contribution < 1.29 is 23.9 Å². The summed E-state index contributed by atoms with van der Waals surface area (Å²) < 4.78 is 13.4. The van der Waals surface area contributed by atoms with Crippen LogP contribution in [0.4, 0.5) is 14.9 Å². The summed E-state index contributed by atoms with van der Waals surface area (Å²) in [5.41, 5.74) is 4.35. The van der Waals surface area contributed by atoms with Gasteiger partial charge in [-0.1, -0.05) is 26.0 Å². The second-order valence-corrected chi connectivity index (χ2v) is 12.2. The summed E-state index contributed by atoms with van der Waals surface area (Å²) in [6, 6.07) is 7.49. The molecular weight excluding hydrogens is 527 g/mol. The number of benzene rings is 1. The van der Waals surface area contributed by atoms with Gasteiger partial charge in [0, 0.05) is 62.2 Å². The van der Waals surface area contributed by atoms with Crippen molar-refractivity contribution in [1.82, 2.24) is 24.9 Å². The molecule has 2 aromatic rings. The van der Waals surface area contributed by atoms with Crippen LogP contribution in [-0.4, -0.2) is 99.3 Å². The minimum atomic E-state index is -1.01. The van der Waals surface area contributed by atoms with E-state index in [0.29, 0.717) is 44.0 Å². The lowest BCUT2D eigenvalue weighted by atomic mass is 9.91. The second kappa shape index (κ2) is 10.8. The van der Waals surface area contributed by atoms with Crippen LogP contribution in [-0.2, 0) is 21.4 Å². The fourth-order valence-corrected chi connectivity index (χ4v) is 6.08. The average Bonchev–Trinajstić information content (AvgIpc) is 3.32. The van der Waals surface area contributed by atoms with Crippen LogP contribution in [0.2, 0.25) is 0 Å². The summed E-state index contributed by atoms with van der Waals surface area (Å²) >= 11 is 0. The van der Waals surface area contributed by atoms with Crippen molar-refractivity contribution in [3.8, 4) is 0 Å². The largest absolute Gasteiger partial charge is 0.465 e. The lowest BCUT2D eigenvalue weighted by Crippen LogP contribution is -2.63.